The Morgan fingerprint density at radius 1 is 0.896 bits per heavy atom. The van der Waals surface area contributed by atoms with Crippen molar-refractivity contribution in [3.8, 4) is 0 Å². The number of esters is 4. The maximum Gasteiger partial charge on any atom is 0.408 e. The number of carbonyl (C=O) groups is 6. The van der Waals surface area contributed by atoms with Gasteiger partial charge in [-0.25, -0.2) is 14.4 Å². The molecule has 1 saturated heterocycles. The lowest BCUT2D eigenvalue weighted by Crippen LogP contribution is -2.67. The van der Waals surface area contributed by atoms with Crippen LogP contribution < -0.4 is 10.6 Å². The van der Waals surface area contributed by atoms with Gasteiger partial charge in [0.1, 0.15) is 37.6 Å². The van der Waals surface area contributed by atoms with Crippen molar-refractivity contribution in [3.05, 3.63) is 48.6 Å². The molecule has 1 aliphatic rings. The Labute approximate surface area is 278 Å². The first kappa shape index (κ1) is 39.5. The lowest BCUT2D eigenvalue weighted by molar-refractivity contribution is -0.287. The van der Waals surface area contributed by atoms with Crippen LogP contribution in [0.15, 0.2) is 43.0 Å². The number of carbonyl (C=O) groups excluding carboxylic acids is 6. The molecule has 2 rings (SSSR count). The summed E-state index contributed by atoms with van der Waals surface area (Å²) in [5, 5.41) is 4.92. The van der Waals surface area contributed by atoms with Gasteiger partial charge < -0.3 is 48.5 Å². The highest BCUT2D eigenvalue weighted by molar-refractivity contribution is 5.82. The van der Waals surface area contributed by atoms with Crippen molar-refractivity contribution in [2.45, 2.75) is 103 Å². The monoisotopic (exact) mass is 680 g/mol. The number of alkyl carbamates (subject to hydrolysis) is 2. The van der Waals surface area contributed by atoms with E-state index in [4.69, 9.17) is 37.9 Å². The normalized spacial score (nSPS) is 21.7. The molecule has 0 unspecified atom stereocenters. The summed E-state index contributed by atoms with van der Waals surface area (Å²) in [6, 6.07) is 5.86. The van der Waals surface area contributed by atoms with Crippen LogP contribution in [-0.4, -0.2) is 97.7 Å². The molecule has 0 bridgehead atoms. The molecule has 16 heteroatoms. The SMILES string of the molecule is C=CCOC(=O)N[C@H]1[C@@H](O[C@H](C)[C@H](NC(=O)OCc2ccccc2)C(=O)OC(C)(C)C)O[C@H](COC(C)=O)[C@@H](OC(C)=O)[C@@H]1OC(C)=O. The van der Waals surface area contributed by atoms with Crippen molar-refractivity contribution in [3.63, 3.8) is 0 Å². The van der Waals surface area contributed by atoms with Gasteiger partial charge >= 0.3 is 36.1 Å². The average molecular weight is 681 g/mol. The highest BCUT2D eigenvalue weighted by Crippen LogP contribution is 2.29. The Balaban J connectivity index is 2.48. The number of ether oxygens (including phenoxy) is 8. The van der Waals surface area contributed by atoms with Crippen LogP contribution in [0.25, 0.3) is 0 Å². The third kappa shape index (κ3) is 13.6. The molecule has 1 aliphatic heterocycles. The van der Waals surface area contributed by atoms with Crippen molar-refractivity contribution >= 4 is 36.1 Å². The fourth-order valence-electron chi connectivity index (χ4n) is 4.40. The molecule has 0 aromatic heterocycles. The predicted octanol–water partition coefficient (Wildman–Crippen LogP) is 2.46. The first-order valence-electron chi connectivity index (χ1n) is 15.0. The van der Waals surface area contributed by atoms with E-state index < -0.39 is 91.1 Å². The molecule has 266 valence electrons. The molecule has 16 nitrogen and oxygen atoms in total. The summed E-state index contributed by atoms with van der Waals surface area (Å²) in [4.78, 5) is 75.0. The van der Waals surface area contributed by atoms with Crippen molar-refractivity contribution in [1.29, 1.82) is 0 Å². The lowest BCUT2D eigenvalue weighted by atomic mass is 9.96. The van der Waals surface area contributed by atoms with Crippen LogP contribution >= 0.6 is 0 Å². The minimum absolute atomic E-state index is 0.104. The lowest BCUT2D eigenvalue weighted by Gasteiger charge is -2.45. The molecular weight excluding hydrogens is 636 g/mol. The number of hydrogen-bond acceptors (Lipinski definition) is 14. The molecule has 0 radical (unpaired) electrons. The summed E-state index contributed by atoms with van der Waals surface area (Å²) in [5.41, 5.74) is -0.283. The van der Waals surface area contributed by atoms with Crippen LogP contribution in [0.5, 0.6) is 0 Å². The summed E-state index contributed by atoms with van der Waals surface area (Å²) in [6.07, 6.45) is -7.77. The zero-order valence-electron chi connectivity index (χ0n) is 28.0. The minimum Gasteiger partial charge on any atom is -0.463 e. The second-order valence-electron chi connectivity index (χ2n) is 11.6. The fourth-order valence-corrected chi connectivity index (χ4v) is 4.40. The smallest absolute Gasteiger partial charge is 0.408 e. The van der Waals surface area contributed by atoms with Gasteiger partial charge in [-0.15, -0.1) is 0 Å². The number of nitrogens with one attached hydrogen (secondary N) is 2. The maximum absolute atomic E-state index is 13.4. The summed E-state index contributed by atoms with van der Waals surface area (Å²) in [7, 11) is 0. The van der Waals surface area contributed by atoms with Gasteiger partial charge in [-0.3, -0.25) is 14.4 Å². The van der Waals surface area contributed by atoms with Gasteiger partial charge in [-0.1, -0.05) is 43.0 Å². The van der Waals surface area contributed by atoms with Crippen LogP contribution in [0.2, 0.25) is 0 Å². The van der Waals surface area contributed by atoms with E-state index in [1.165, 1.54) is 13.0 Å². The third-order valence-corrected chi connectivity index (χ3v) is 6.28. The topological polar surface area (TPSA) is 200 Å². The molecule has 1 aromatic carbocycles. The maximum atomic E-state index is 13.4. The van der Waals surface area contributed by atoms with Crippen LogP contribution in [0.1, 0.15) is 54.0 Å². The van der Waals surface area contributed by atoms with E-state index in [1.807, 2.05) is 0 Å². The van der Waals surface area contributed by atoms with E-state index in [0.29, 0.717) is 5.56 Å². The van der Waals surface area contributed by atoms with Gasteiger partial charge in [0.15, 0.2) is 24.5 Å². The number of amides is 2. The first-order chi connectivity index (χ1) is 22.5. The molecule has 1 fully saturated rings. The minimum atomic E-state index is -1.60. The number of hydrogen-bond donors (Lipinski definition) is 2. The Morgan fingerprint density at radius 2 is 1.52 bits per heavy atom. The standard InChI is InChI=1S/C32H44N2O14/c1-9-15-41-30(39)34-25-27(46-21(5)37)26(45-20(4)36)23(17-42-19(3)35)47-29(25)44-18(2)24(28(38)48-32(6,7)8)33-31(40)43-16-22-13-11-10-12-14-22/h9-14,18,23-27,29H,1,15-17H2,2-8H3,(H,33,40)(H,34,39)/t18-,23-,24+,25-,26-,27-,29+/m1/s1. The number of benzene rings is 1. The van der Waals surface area contributed by atoms with Crippen LogP contribution in [0.3, 0.4) is 0 Å². The highest BCUT2D eigenvalue weighted by atomic mass is 16.7. The van der Waals surface area contributed by atoms with Gasteiger partial charge in [-0.05, 0) is 33.3 Å². The average Bonchev–Trinajstić information content (AvgIpc) is 2.98. The van der Waals surface area contributed by atoms with E-state index in [0.717, 1.165) is 20.8 Å². The molecule has 48 heavy (non-hydrogen) atoms. The largest absolute Gasteiger partial charge is 0.463 e. The van der Waals surface area contributed by atoms with Gasteiger partial charge in [-0.2, -0.15) is 0 Å². The van der Waals surface area contributed by atoms with Crippen LogP contribution in [-0.2, 0) is 63.7 Å². The second kappa shape index (κ2) is 18.6. The summed E-state index contributed by atoms with van der Waals surface area (Å²) >= 11 is 0. The molecule has 0 spiro atoms. The van der Waals surface area contributed by atoms with E-state index in [2.05, 4.69) is 17.2 Å². The summed E-state index contributed by atoms with van der Waals surface area (Å²) < 4.78 is 44.0. The summed E-state index contributed by atoms with van der Waals surface area (Å²) in [5.74, 6) is -3.25. The van der Waals surface area contributed by atoms with Crippen molar-refractivity contribution < 1.29 is 66.7 Å². The Kier molecular flexibility index (Phi) is 15.3. The molecule has 7 atom stereocenters. The van der Waals surface area contributed by atoms with E-state index in [9.17, 15) is 28.8 Å². The quantitative estimate of drug-likeness (QED) is 0.165. The van der Waals surface area contributed by atoms with Gasteiger partial charge in [0.2, 0.25) is 0 Å². The van der Waals surface area contributed by atoms with E-state index in [-0.39, 0.29) is 13.2 Å². The van der Waals surface area contributed by atoms with E-state index >= 15 is 0 Å². The van der Waals surface area contributed by atoms with Crippen molar-refractivity contribution in [1.82, 2.24) is 10.6 Å². The highest BCUT2D eigenvalue weighted by Gasteiger charge is 2.52. The third-order valence-electron chi connectivity index (χ3n) is 6.28. The zero-order chi connectivity index (χ0) is 36.0. The summed E-state index contributed by atoms with van der Waals surface area (Å²) in [6.45, 7) is 12.3. The van der Waals surface area contributed by atoms with Crippen LogP contribution in [0.4, 0.5) is 9.59 Å². The Morgan fingerprint density at radius 3 is 2.08 bits per heavy atom. The molecule has 0 saturated carbocycles. The van der Waals surface area contributed by atoms with E-state index in [1.54, 1.807) is 51.1 Å². The van der Waals surface area contributed by atoms with Gasteiger partial charge in [0, 0.05) is 20.8 Å². The number of rotatable bonds is 14. The molecule has 1 aromatic rings. The fraction of sp³-hybridized carbons (Fsp3) is 0.562. The Hall–Kier alpha value is -4.70. The van der Waals surface area contributed by atoms with Crippen molar-refractivity contribution in [2.24, 2.45) is 0 Å². The molecule has 2 N–H and O–H groups in total. The van der Waals surface area contributed by atoms with Gasteiger partial charge in [0.05, 0.1) is 6.10 Å². The van der Waals surface area contributed by atoms with Crippen LogP contribution in [0, 0.1) is 0 Å². The molecule has 0 aliphatic carbocycles. The van der Waals surface area contributed by atoms with Gasteiger partial charge in [0.25, 0.3) is 0 Å². The molecule has 1 heterocycles. The second-order valence-corrected chi connectivity index (χ2v) is 11.6. The Bertz CT molecular complexity index is 1280. The predicted molar refractivity (Wildman–Crippen MR) is 165 cm³/mol. The molecular formula is C32H44N2O14. The first-order valence-corrected chi connectivity index (χ1v) is 15.0. The van der Waals surface area contributed by atoms with Crippen molar-refractivity contribution in [2.75, 3.05) is 13.2 Å². The zero-order valence-corrected chi connectivity index (χ0v) is 28.0. The molecule has 2 amide bonds.